The molecule has 0 radical (unpaired) electrons. The first-order valence-electron chi connectivity index (χ1n) is 10.7. The zero-order valence-corrected chi connectivity index (χ0v) is 20.2. The Morgan fingerprint density at radius 2 is 1.58 bits per heavy atom. The van der Waals surface area contributed by atoms with Crippen LogP contribution in [0.5, 0.6) is 0 Å². The highest BCUT2D eigenvalue weighted by Crippen LogP contribution is 2.25. The number of benzene rings is 3. The van der Waals surface area contributed by atoms with Crippen LogP contribution in [0.1, 0.15) is 21.5 Å². The van der Waals surface area contributed by atoms with Crippen molar-refractivity contribution in [2.45, 2.75) is 18.7 Å². The highest BCUT2D eigenvalue weighted by molar-refractivity contribution is 7.92. The number of amides is 1. The van der Waals surface area contributed by atoms with Crippen LogP contribution in [0, 0.1) is 13.8 Å². The third kappa shape index (κ3) is 5.15. The van der Waals surface area contributed by atoms with Crippen LogP contribution in [0.3, 0.4) is 0 Å². The molecule has 0 aliphatic carbocycles. The monoisotopic (exact) mass is 483 g/mol. The fourth-order valence-electron chi connectivity index (χ4n) is 3.83. The number of halogens is 1. The first-order chi connectivity index (χ1) is 15.7. The lowest BCUT2D eigenvalue weighted by molar-refractivity contribution is 0.0746. The Morgan fingerprint density at radius 1 is 0.879 bits per heavy atom. The van der Waals surface area contributed by atoms with Crippen LogP contribution in [0.4, 0.5) is 11.4 Å². The molecule has 1 saturated heterocycles. The van der Waals surface area contributed by atoms with Crippen molar-refractivity contribution in [2.24, 2.45) is 0 Å². The molecule has 1 heterocycles. The van der Waals surface area contributed by atoms with Gasteiger partial charge >= 0.3 is 0 Å². The van der Waals surface area contributed by atoms with E-state index >= 15 is 0 Å². The average molecular weight is 484 g/mol. The van der Waals surface area contributed by atoms with Gasteiger partial charge in [-0.05, 0) is 67.4 Å². The van der Waals surface area contributed by atoms with E-state index in [0.29, 0.717) is 31.9 Å². The second kappa shape index (κ2) is 9.45. The predicted molar refractivity (Wildman–Crippen MR) is 133 cm³/mol. The molecular weight excluding hydrogens is 458 g/mol. The van der Waals surface area contributed by atoms with E-state index in [1.807, 2.05) is 50.2 Å². The van der Waals surface area contributed by atoms with E-state index in [1.165, 1.54) is 18.2 Å². The summed E-state index contributed by atoms with van der Waals surface area (Å²) in [5, 5.41) is 0.232. The topological polar surface area (TPSA) is 69.7 Å². The SMILES string of the molecule is Cc1ccc(NS(=O)(=O)c2ccc(Cl)c(C(=O)N3CCN(c4ccccc4)CC3)c2)cc1C. The molecule has 0 unspecified atom stereocenters. The van der Waals surface area contributed by atoms with Crippen molar-refractivity contribution in [1.29, 1.82) is 0 Å². The lowest BCUT2D eigenvalue weighted by atomic mass is 10.1. The molecule has 0 spiro atoms. The van der Waals surface area contributed by atoms with Gasteiger partial charge in [0.1, 0.15) is 0 Å². The molecule has 8 heteroatoms. The van der Waals surface area contributed by atoms with Crippen molar-refractivity contribution in [1.82, 2.24) is 4.90 Å². The summed E-state index contributed by atoms with van der Waals surface area (Å²) >= 11 is 6.31. The van der Waals surface area contributed by atoms with Gasteiger partial charge in [-0.25, -0.2) is 8.42 Å². The van der Waals surface area contributed by atoms with E-state index in [-0.39, 0.29) is 21.4 Å². The number of para-hydroxylation sites is 1. The molecule has 4 rings (SSSR count). The molecule has 1 aliphatic rings. The van der Waals surface area contributed by atoms with Crippen molar-refractivity contribution in [3.63, 3.8) is 0 Å². The van der Waals surface area contributed by atoms with Crippen LogP contribution in [0.25, 0.3) is 0 Å². The molecular formula is C25H26ClN3O3S. The standard InChI is InChI=1S/C25H26ClN3O3S/c1-18-8-9-20(16-19(18)2)27-33(31,32)22-10-11-24(26)23(17-22)25(30)29-14-12-28(13-15-29)21-6-4-3-5-7-21/h3-11,16-17,27H,12-15H2,1-2H3. The molecule has 0 aromatic heterocycles. The van der Waals surface area contributed by atoms with E-state index in [1.54, 1.807) is 17.0 Å². The number of anilines is 2. The summed E-state index contributed by atoms with van der Waals surface area (Å²) in [5.41, 5.74) is 3.83. The van der Waals surface area contributed by atoms with Crippen LogP contribution in [-0.4, -0.2) is 45.4 Å². The lowest BCUT2D eigenvalue weighted by Crippen LogP contribution is -2.48. The fourth-order valence-corrected chi connectivity index (χ4v) is 5.11. The fraction of sp³-hybridized carbons (Fsp3) is 0.240. The minimum absolute atomic E-state index is 0.00333. The summed E-state index contributed by atoms with van der Waals surface area (Å²) in [4.78, 5) is 17.1. The summed E-state index contributed by atoms with van der Waals surface area (Å²) < 4.78 is 28.5. The summed E-state index contributed by atoms with van der Waals surface area (Å²) in [7, 11) is -3.88. The first-order valence-corrected chi connectivity index (χ1v) is 12.6. The van der Waals surface area contributed by atoms with Gasteiger partial charge in [0.2, 0.25) is 0 Å². The largest absolute Gasteiger partial charge is 0.368 e. The van der Waals surface area contributed by atoms with Gasteiger partial charge in [-0.3, -0.25) is 9.52 Å². The van der Waals surface area contributed by atoms with Crippen LogP contribution < -0.4 is 9.62 Å². The number of nitrogens with zero attached hydrogens (tertiary/aromatic N) is 2. The number of carbonyl (C=O) groups is 1. The zero-order chi connectivity index (χ0) is 23.6. The maximum absolute atomic E-state index is 13.2. The molecule has 1 amide bonds. The molecule has 1 aliphatic heterocycles. The number of hydrogen-bond acceptors (Lipinski definition) is 4. The van der Waals surface area contributed by atoms with Gasteiger partial charge in [0.25, 0.3) is 15.9 Å². The van der Waals surface area contributed by atoms with E-state index in [0.717, 1.165) is 16.8 Å². The third-order valence-corrected chi connectivity index (χ3v) is 7.63. The Hall–Kier alpha value is -3.03. The molecule has 1 N–H and O–H groups in total. The van der Waals surface area contributed by atoms with Crippen LogP contribution in [-0.2, 0) is 10.0 Å². The van der Waals surface area contributed by atoms with Gasteiger partial charge in [0.15, 0.2) is 0 Å². The van der Waals surface area contributed by atoms with E-state index in [4.69, 9.17) is 11.6 Å². The highest BCUT2D eigenvalue weighted by atomic mass is 35.5. The average Bonchev–Trinajstić information content (AvgIpc) is 2.82. The Morgan fingerprint density at radius 3 is 2.24 bits per heavy atom. The molecule has 33 heavy (non-hydrogen) atoms. The van der Waals surface area contributed by atoms with Crippen molar-refractivity contribution in [3.05, 3.63) is 88.4 Å². The summed E-state index contributed by atoms with van der Waals surface area (Å²) in [5.74, 6) is -0.268. The molecule has 0 bridgehead atoms. The van der Waals surface area contributed by atoms with Crippen molar-refractivity contribution in [2.75, 3.05) is 35.8 Å². The number of carbonyl (C=O) groups excluding carboxylic acids is 1. The summed E-state index contributed by atoms with van der Waals surface area (Å²) in [6.07, 6.45) is 0. The molecule has 0 saturated carbocycles. The second-order valence-corrected chi connectivity index (χ2v) is 10.3. The predicted octanol–water partition coefficient (Wildman–Crippen LogP) is 4.72. The molecule has 3 aromatic carbocycles. The molecule has 0 atom stereocenters. The summed E-state index contributed by atoms with van der Waals surface area (Å²) in [6.45, 7) is 6.33. The zero-order valence-electron chi connectivity index (χ0n) is 18.6. The van der Waals surface area contributed by atoms with E-state index < -0.39 is 10.0 Å². The number of nitrogens with one attached hydrogen (secondary N) is 1. The minimum atomic E-state index is -3.88. The Labute approximate surface area is 199 Å². The van der Waals surface area contributed by atoms with Crippen LogP contribution in [0.2, 0.25) is 5.02 Å². The quantitative estimate of drug-likeness (QED) is 0.570. The van der Waals surface area contributed by atoms with Gasteiger partial charge in [-0.15, -0.1) is 0 Å². The third-order valence-electron chi connectivity index (χ3n) is 5.93. The van der Waals surface area contributed by atoms with Crippen LogP contribution in [0.15, 0.2) is 71.6 Å². The van der Waals surface area contributed by atoms with Crippen LogP contribution >= 0.6 is 11.6 Å². The van der Waals surface area contributed by atoms with Gasteiger partial charge in [0, 0.05) is 37.6 Å². The van der Waals surface area contributed by atoms with Gasteiger partial charge in [0.05, 0.1) is 15.5 Å². The maximum atomic E-state index is 13.2. The smallest absolute Gasteiger partial charge is 0.261 e. The van der Waals surface area contributed by atoms with E-state index in [2.05, 4.69) is 9.62 Å². The van der Waals surface area contributed by atoms with Crippen molar-refractivity contribution < 1.29 is 13.2 Å². The van der Waals surface area contributed by atoms with Gasteiger partial charge < -0.3 is 9.80 Å². The molecule has 172 valence electrons. The normalized spacial score (nSPS) is 14.3. The van der Waals surface area contributed by atoms with Gasteiger partial charge in [-0.2, -0.15) is 0 Å². The van der Waals surface area contributed by atoms with E-state index in [9.17, 15) is 13.2 Å². The Balaban J connectivity index is 1.51. The maximum Gasteiger partial charge on any atom is 0.261 e. The minimum Gasteiger partial charge on any atom is -0.368 e. The number of rotatable bonds is 5. The molecule has 3 aromatic rings. The van der Waals surface area contributed by atoms with Crippen molar-refractivity contribution in [3.8, 4) is 0 Å². The summed E-state index contributed by atoms with van der Waals surface area (Å²) in [6, 6.07) is 19.6. The van der Waals surface area contributed by atoms with Gasteiger partial charge in [-0.1, -0.05) is 35.9 Å². The lowest BCUT2D eigenvalue weighted by Gasteiger charge is -2.36. The number of piperazine rings is 1. The van der Waals surface area contributed by atoms with Crippen molar-refractivity contribution >= 4 is 38.9 Å². The molecule has 1 fully saturated rings. The first kappa shape index (κ1) is 23.1. The second-order valence-electron chi connectivity index (χ2n) is 8.16. The Bertz CT molecular complexity index is 1270. The Kier molecular flexibility index (Phi) is 6.63. The highest BCUT2D eigenvalue weighted by Gasteiger charge is 2.26. The number of sulfonamides is 1. The number of aryl methyl sites for hydroxylation is 2. The number of hydrogen-bond donors (Lipinski definition) is 1. The molecule has 6 nitrogen and oxygen atoms in total.